The van der Waals surface area contributed by atoms with Crippen LogP contribution in [0.1, 0.15) is 18.1 Å². The Labute approximate surface area is 184 Å². The van der Waals surface area contributed by atoms with Gasteiger partial charge in [-0.3, -0.25) is 9.59 Å². The highest BCUT2D eigenvalue weighted by atomic mass is 32.2. The number of carbonyl (C=O) groups is 1. The molecular formula is C23H23N5O2S. The Hall–Kier alpha value is -3.39. The zero-order valence-corrected chi connectivity index (χ0v) is 18.2. The maximum atomic E-state index is 12.6. The van der Waals surface area contributed by atoms with Crippen molar-refractivity contribution in [2.45, 2.75) is 25.0 Å². The molecule has 1 amide bonds. The number of para-hydroxylation sites is 1. The van der Waals surface area contributed by atoms with Gasteiger partial charge in [-0.05, 0) is 29.7 Å². The molecule has 0 aliphatic rings. The van der Waals surface area contributed by atoms with Gasteiger partial charge in [-0.25, -0.2) is 9.67 Å². The lowest BCUT2D eigenvalue weighted by atomic mass is 10.1. The molecule has 0 saturated heterocycles. The van der Waals surface area contributed by atoms with Crippen LogP contribution >= 0.6 is 11.8 Å². The van der Waals surface area contributed by atoms with E-state index in [1.807, 2.05) is 42.5 Å². The Bertz CT molecular complexity index is 1250. The van der Waals surface area contributed by atoms with Crippen LogP contribution in [-0.2, 0) is 17.8 Å². The fourth-order valence-electron chi connectivity index (χ4n) is 3.21. The lowest BCUT2D eigenvalue weighted by molar-refractivity contribution is -0.127. The molecule has 2 heterocycles. The fraction of sp³-hybridized carbons (Fsp3) is 0.217. The minimum absolute atomic E-state index is 0.0381. The standard InChI is InChI=1S/C23H23N5O2S/c1-3-16-9-11-17(12-10-16)14-27(2)20(29)15-31-23-25-21-19(22(30)26-23)13-24-28(21)18-7-5-4-6-8-18/h4-13H,3,14-15H2,1-2H3,(H,25,26,30). The third-order valence-corrected chi connectivity index (χ3v) is 5.88. The molecule has 4 aromatic rings. The molecule has 8 heteroatoms. The van der Waals surface area contributed by atoms with Crippen molar-refractivity contribution in [3.63, 3.8) is 0 Å². The third kappa shape index (κ3) is 4.69. The van der Waals surface area contributed by atoms with Crippen molar-refractivity contribution >= 4 is 28.7 Å². The van der Waals surface area contributed by atoms with Gasteiger partial charge in [-0.15, -0.1) is 0 Å². The summed E-state index contributed by atoms with van der Waals surface area (Å²) in [5, 5.41) is 5.10. The van der Waals surface area contributed by atoms with Gasteiger partial charge >= 0.3 is 0 Å². The minimum Gasteiger partial charge on any atom is -0.341 e. The van der Waals surface area contributed by atoms with Crippen LogP contribution in [0.15, 0.2) is 70.7 Å². The molecule has 2 aromatic carbocycles. The molecule has 4 rings (SSSR count). The summed E-state index contributed by atoms with van der Waals surface area (Å²) in [5.41, 5.74) is 3.36. The molecule has 0 aliphatic carbocycles. The van der Waals surface area contributed by atoms with Gasteiger partial charge in [0.05, 0.1) is 17.6 Å². The Morgan fingerprint density at radius 3 is 2.52 bits per heavy atom. The maximum Gasteiger partial charge on any atom is 0.262 e. The summed E-state index contributed by atoms with van der Waals surface area (Å²) in [4.78, 5) is 34.0. The molecule has 0 atom stereocenters. The van der Waals surface area contributed by atoms with E-state index in [-0.39, 0.29) is 17.2 Å². The Morgan fingerprint density at radius 1 is 1.10 bits per heavy atom. The lowest BCUT2D eigenvalue weighted by Crippen LogP contribution is -2.28. The van der Waals surface area contributed by atoms with E-state index in [4.69, 9.17) is 0 Å². The van der Waals surface area contributed by atoms with E-state index < -0.39 is 0 Å². The number of hydrogen-bond acceptors (Lipinski definition) is 5. The maximum absolute atomic E-state index is 12.6. The molecule has 0 fully saturated rings. The predicted octanol–water partition coefficient (Wildman–Crippen LogP) is 3.42. The van der Waals surface area contributed by atoms with Gasteiger partial charge in [0.15, 0.2) is 10.8 Å². The number of carbonyl (C=O) groups excluding carboxylic acids is 1. The van der Waals surface area contributed by atoms with Gasteiger partial charge in [0.1, 0.15) is 5.39 Å². The molecule has 158 valence electrons. The number of benzene rings is 2. The largest absolute Gasteiger partial charge is 0.341 e. The van der Waals surface area contributed by atoms with E-state index in [0.29, 0.717) is 22.7 Å². The highest BCUT2D eigenvalue weighted by Crippen LogP contribution is 2.18. The fourth-order valence-corrected chi connectivity index (χ4v) is 4.00. The molecule has 1 N–H and O–H groups in total. The van der Waals surface area contributed by atoms with Crippen molar-refractivity contribution in [2.75, 3.05) is 12.8 Å². The molecule has 0 spiro atoms. The lowest BCUT2D eigenvalue weighted by Gasteiger charge is -2.17. The zero-order valence-electron chi connectivity index (χ0n) is 17.4. The first-order valence-electron chi connectivity index (χ1n) is 10.0. The van der Waals surface area contributed by atoms with Crippen LogP contribution in [-0.4, -0.2) is 43.4 Å². The molecular weight excluding hydrogens is 410 g/mol. The number of aromatic nitrogens is 4. The summed E-state index contributed by atoms with van der Waals surface area (Å²) in [7, 11) is 1.78. The molecule has 0 bridgehead atoms. The average Bonchev–Trinajstić information content (AvgIpc) is 3.23. The number of nitrogens with zero attached hydrogens (tertiary/aromatic N) is 4. The molecule has 0 aliphatic heterocycles. The van der Waals surface area contributed by atoms with E-state index >= 15 is 0 Å². The van der Waals surface area contributed by atoms with Gasteiger partial charge < -0.3 is 9.88 Å². The van der Waals surface area contributed by atoms with Crippen molar-refractivity contribution in [1.29, 1.82) is 0 Å². The van der Waals surface area contributed by atoms with Crippen LogP contribution in [0.5, 0.6) is 0 Å². The molecule has 2 aromatic heterocycles. The van der Waals surface area contributed by atoms with E-state index in [1.54, 1.807) is 16.6 Å². The van der Waals surface area contributed by atoms with Crippen molar-refractivity contribution in [1.82, 2.24) is 24.6 Å². The highest BCUT2D eigenvalue weighted by Gasteiger charge is 2.14. The van der Waals surface area contributed by atoms with E-state index in [1.165, 1.54) is 23.5 Å². The van der Waals surface area contributed by atoms with Crippen LogP contribution in [0.25, 0.3) is 16.7 Å². The van der Waals surface area contributed by atoms with Gasteiger partial charge in [0, 0.05) is 13.6 Å². The minimum atomic E-state index is -0.272. The second kappa shape index (κ2) is 9.18. The number of aryl methyl sites for hydroxylation is 1. The van der Waals surface area contributed by atoms with Crippen LogP contribution in [0.4, 0.5) is 0 Å². The third-order valence-electron chi connectivity index (χ3n) is 5.03. The molecule has 0 radical (unpaired) electrons. The van der Waals surface area contributed by atoms with Crippen LogP contribution in [0.3, 0.4) is 0 Å². The predicted molar refractivity (Wildman–Crippen MR) is 123 cm³/mol. The zero-order chi connectivity index (χ0) is 21.8. The summed E-state index contributed by atoms with van der Waals surface area (Å²) in [6, 6.07) is 17.8. The van der Waals surface area contributed by atoms with Crippen molar-refractivity contribution in [2.24, 2.45) is 0 Å². The SMILES string of the molecule is CCc1ccc(CN(C)C(=O)CSc2nc3c(cnn3-c3ccccc3)c(=O)[nH]2)cc1. The average molecular weight is 434 g/mol. The number of thioether (sulfide) groups is 1. The first-order chi connectivity index (χ1) is 15.0. The quantitative estimate of drug-likeness (QED) is 0.357. The smallest absolute Gasteiger partial charge is 0.262 e. The summed E-state index contributed by atoms with van der Waals surface area (Å²) in [5.74, 6) is 0.140. The number of nitrogens with one attached hydrogen (secondary N) is 1. The van der Waals surface area contributed by atoms with Crippen LogP contribution in [0.2, 0.25) is 0 Å². The molecule has 0 unspecified atom stereocenters. The van der Waals surface area contributed by atoms with Gasteiger partial charge in [0.25, 0.3) is 5.56 Å². The summed E-state index contributed by atoms with van der Waals surface area (Å²) in [6.45, 7) is 2.65. The first kappa shape index (κ1) is 20.9. The number of rotatable bonds is 7. The monoisotopic (exact) mass is 433 g/mol. The van der Waals surface area contributed by atoms with Crippen molar-refractivity contribution < 1.29 is 4.79 Å². The number of aromatic amines is 1. The van der Waals surface area contributed by atoms with Gasteiger partial charge in [0.2, 0.25) is 5.91 Å². The number of fused-ring (bicyclic) bond motifs is 1. The topological polar surface area (TPSA) is 83.9 Å². The summed E-state index contributed by atoms with van der Waals surface area (Å²) in [6.07, 6.45) is 2.50. The summed E-state index contributed by atoms with van der Waals surface area (Å²) >= 11 is 1.21. The molecule has 0 saturated carbocycles. The van der Waals surface area contributed by atoms with Gasteiger partial charge in [-0.2, -0.15) is 5.10 Å². The van der Waals surface area contributed by atoms with E-state index in [9.17, 15) is 9.59 Å². The van der Waals surface area contributed by atoms with Crippen LogP contribution < -0.4 is 5.56 Å². The first-order valence-corrected chi connectivity index (χ1v) is 11.0. The normalized spacial score (nSPS) is 11.0. The number of amides is 1. The molecule has 31 heavy (non-hydrogen) atoms. The second-order valence-corrected chi connectivity index (χ2v) is 8.17. The Kier molecular flexibility index (Phi) is 6.18. The highest BCUT2D eigenvalue weighted by molar-refractivity contribution is 7.99. The number of hydrogen-bond donors (Lipinski definition) is 1. The second-order valence-electron chi connectivity index (χ2n) is 7.21. The van der Waals surface area contributed by atoms with Crippen molar-refractivity contribution in [3.8, 4) is 5.69 Å². The Balaban J connectivity index is 1.46. The summed E-state index contributed by atoms with van der Waals surface area (Å²) < 4.78 is 1.63. The molecule has 7 nitrogen and oxygen atoms in total. The van der Waals surface area contributed by atoms with Crippen molar-refractivity contribution in [3.05, 3.63) is 82.3 Å². The van der Waals surface area contributed by atoms with E-state index in [2.05, 4.69) is 34.1 Å². The Morgan fingerprint density at radius 2 is 1.81 bits per heavy atom. The van der Waals surface area contributed by atoms with Crippen LogP contribution in [0, 0.1) is 0 Å². The number of H-pyrrole nitrogens is 1. The van der Waals surface area contributed by atoms with E-state index in [0.717, 1.165) is 17.7 Å². The van der Waals surface area contributed by atoms with Gasteiger partial charge in [-0.1, -0.05) is 61.2 Å².